The predicted octanol–water partition coefficient (Wildman–Crippen LogP) is -16.0. The molecule has 0 spiro atoms. The molecule has 96 heavy (non-hydrogen) atoms. The number of rotatable bonds is 23. The van der Waals surface area contributed by atoms with Crippen LogP contribution in [0.1, 0.15) is 34.6 Å². The van der Waals surface area contributed by atoms with Gasteiger partial charge in [0.2, 0.25) is 17.7 Å². The van der Waals surface area contributed by atoms with E-state index in [0.29, 0.717) is 0 Å². The lowest BCUT2D eigenvalue weighted by atomic mass is 9.94. The Balaban J connectivity index is 0.989. The highest BCUT2D eigenvalue weighted by Crippen LogP contribution is 2.39. The molecule has 0 aromatic heterocycles. The fourth-order valence-electron chi connectivity index (χ4n) is 12.4. The Morgan fingerprint density at radius 1 is 0.292 bits per heavy atom. The van der Waals surface area contributed by atoms with Crippen molar-refractivity contribution in [3.8, 4) is 0 Å². The van der Waals surface area contributed by atoms with E-state index < -0.39 is 303 Å². The number of ether oxygens (including phenoxy) is 15. The van der Waals surface area contributed by atoms with Crippen LogP contribution in [0.15, 0.2) is 0 Å². The normalized spacial score (nSPS) is 50.3. The topological polar surface area (TPSA) is 651 Å². The van der Waals surface area contributed by atoms with Gasteiger partial charge in [0, 0.05) is 20.8 Å². The minimum atomic E-state index is -2.32. The van der Waals surface area contributed by atoms with Gasteiger partial charge >= 0.3 is 0 Å². The molecule has 40 atom stereocenters. The molecule has 42 nitrogen and oxygen atoms in total. The van der Waals surface area contributed by atoms with Crippen LogP contribution in [0.5, 0.6) is 0 Å². The molecule has 1 unspecified atom stereocenters. The first kappa shape index (κ1) is 78.7. The Hall–Kier alpha value is -3.03. The maximum Gasteiger partial charge on any atom is 0.217 e. The van der Waals surface area contributed by atoms with E-state index in [1.165, 1.54) is 13.8 Å². The van der Waals surface area contributed by atoms with E-state index in [1.807, 2.05) is 0 Å². The third kappa shape index (κ3) is 17.0. The molecule has 0 saturated carbocycles. The molecule has 0 aromatic rings. The fraction of sp³-hybridized carbons (Fsp3) is 0.944. The van der Waals surface area contributed by atoms with Gasteiger partial charge in [0.05, 0.1) is 51.8 Å². The monoisotopic (exact) mass is 1410 g/mol. The molecule has 0 bridgehead atoms. The van der Waals surface area contributed by atoms with Crippen molar-refractivity contribution in [2.24, 2.45) is 0 Å². The highest BCUT2D eigenvalue weighted by molar-refractivity contribution is 5.74. The number of carbonyl (C=O) groups is 3. The Morgan fingerprint density at radius 3 is 1.05 bits per heavy atom. The number of amides is 3. The van der Waals surface area contributed by atoms with Crippen LogP contribution in [-0.2, 0) is 85.4 Å². The largest absolute Gasteiger partial charge is 0.394 e. The van der Waals surface area contributed by atoms with Gasteiger partial charge in [-0.2, -0.15) is 0 Å². The predicted molar refractivity (Wildman–Crippen MR) is 296 cm³/mol. The lowest BCUT2D eigenvalue weighted by molar-refractivity contribution is -0.390. The van der Waals surface area contributed by atoms with Crippen LogP contribution in [0.3, 0.4) is 0 Å². The summed E-state index contributed by atoms with van der Waals surface area (Å²) in [6.45, 7) is -0.466. The Labute approximate surface area is 545 Å². The third-order valence-electron chi connectivity index (χ3n) is 17.8. The molecule has 0 radical (unpaired) electrons. The molecule has 8 heterocycles. The molecule has 0 aromatic carbocycles. The molecule has 8 fully saturated rings. The average molecular weight is 1410 g/mol. The maximum atomic E-state index is 12.8. The van der Waals surface area contributed by atoms with Gasteiger partial charge in [-0.25, -0.2) is 0 Å². The summed E-state index contributed by atoms with van der Waals surface area (Å²) < 4.78 is 87.4. The summed E-state index contributed by atoms with van der Waals surface area (Å²) in [5.74, 6) is -2.61. The minimum Gasteiger partial charge on any atom is -0.394 e. The quantitative estimate of drug-likeness (QED) is 0.0452. The zero-order valence-electron chi connectivity index (χ0n) is 52.1. The van der Waals surface area contributed by atoms with Crippen molar-refractivity contribution in [1.82, 2.24) is 16.0 Å². The van der Waals surface area contributed by atoms with E-state index in [4.69, 9.17) is 71.1 Å². The molecule has 556 valence electrons. The summed E-state index contributed by atoms with van der Waals surface area (Å²) >= 11 is 0. The number of carbonyl (C=O) groups excluding carboxylic acids is 3. The zero-order valence-corrected chi connectivity index (χ0v) is 52.1. The van der Waals surface area contributed by atoms with Gasteiger partial charge in [0.1, 0.15) is 183 Å². The van der Waals surface area contributed by atoms with Crippen LogP contribution in [0.4, 0.5) is 0 Å². The lowest BCUT2D eigenvalue weighted by Crippen LogP contribution is -2.70. The van der Waals surface area contributed by atoms with Gasteiger partial charge in [-0.15, -0.1) is 0 Å². The summed E-state index contributed by atoms with van der Waals surface area (Å²) in [5, 5.41) is 237. The van der Waals surface area contributed by atoms with Crippen molar-refractivity contribution >= 4 is 17.7 Å². The van der Waals surface area contributed by atoms with Gasteiger partial charge < -0.3 is 194 Å². The third-order valence-corrected chi connectivity index (χ3v) is 17.8. The van der Waals surface area contributed by atoms with Crippen LogP contribution in [-0.4, -0.2) is 410 Å². The van der Waals surface area contributed by atoms with E-state index in [2.05, 4.69) is 16.0 Å². The van der Waals surface area contributed by atoms with Gasteiger partial charge in [-0.05, 0) is 13.8 Å². The Morgan fingerprint density at radius 2 is 0.625 bits per heavy atom. The van der Waals surface area contributed by atoms with Crippen molar-refractivity contribution in [3.05, 3.63) is 0 Å². The molecule has 3 amide bonds. The highest BCUT2D eigenvalue weighted by atomic mass is 16.8. The first-order chi connectivity index (χ1) is 45.3. The van der Waals surface area contributed by atoms with E-state index in [1.54, 1.807) is 0 Å². The second kappa shape index (κ2) is 33.8. The van der Waals surface area contributed by atoms with E-state index >= 15 is 0 Å². The molecule has 0 aliphatic carbocycles. The van der Waals surface area contributed by atoms with Gasteiger partial charge in [-0.1, -0.05) is 0 Å². The molecule has 8 saturated heterocycles. The second-order valence-electron chi connectivity index (χ2n) is 24.6. The number of hydrogen-bond acceptors (Lipinski definition) is 39. The van der Waals surface area contributed by atoms with Gasteiger partial charge in [0.15, 0.2) is 50.3 Å². The summed E-state index contributed by atoms with van der Waals surface area (Å²) in [5.41, 5.74) is 0. The van der Waals surface area contributed by atoms with Crippen molar-refractivity contribution < 1.29 is 193 Å². The molecule has 8 aliphatic rings. The molecular formula is C54H91N3O39. The average Bonchev–Trinajstić information content (AvgIpc) is 0.778. The van der Waals surface area contributed by atoms with Crippen LogP contribution in [0.25, 0.3) is 0 Å². The fourth-order valence-corrected chi connectivity index (χ4v) is 12.4. The SMILES string of the molecule is CC(=O)N[C@H]1[C@H](OC[C@H]2OC(O)[C@H](NC(C)=O)[C@@H](O[C@@H]3O[C@H](CO)[C@H](O)[C@H](O[C@@H]4O[C@H](CO)[C@@H](O[C@@H]5O[C@H](CO)[C@H](O)[C@H](O)[C@H]5O[C@@H]5O[C@@H](C)[C@@H](O)[C@@H](O)[C@@H]5O)[C@H](O)[C@H]4NC(C)=O)[C@H]3O)[C@H]2O)O[C@H](CO)[C@@H](O[C@@H]2O[C@H](CO)[C@H](O)[C@H](O)[C@H]2O[C@@H]2O[C@@H](C)[C@@H](O)[C@@H](O)[C@@H]2O)[C@@H]1O. The molecule has 24 N–H and O–H groups in total. The van der Waals surface area contributed by atoms with Crippen LogP contribution < -0.4 is 16.0 Å². The summed E-state index contributed by atoms with van der Waals surface area (Å²) in [4.78, 5) is 38.2. The lowest BCUT2D eigenvalue weighted by Gasteiger charge is -2.50. The van der Waals surface area contributed by atoms with Gasteiger partial charge in [0.25, 0.3) is 0 Å². The molecule has 8 aliphatic heterocycles. The van der Waals surface area contributed by atoms with Crippen molar-refractivity contribution in [1.29, 1.82) is 0 Å². The first-order valence-corrected chi connectivity index (χ1v) is 30.8. The van der Waals surface area contributed by atoms with Crippen LogP contribution >= 0.6 is 0 Å². The number of nitrogens with one attached hydrogen (secondary N) is 3. The smallest absolute Gasteiger partial charge is 0.217 e. The van der Waals surface area contributed by atoms with E-state index in [-0.39, 0.29) is 0 Å². The standard InChI is InChI=1S/C54H91N3O39/c1-12-26(66)34(74)38(78)50(83-12)95-45-36(76)28(68)17(6-58)87-53(45)91-41-20(9-61)89-48(23(32(41)72)55-14(3)63)82-11-22-31(71)43(25(47(81)85-22)57-16(5)65)93-52-40(80)44(30(70)19(8-60)86-52)94-49-24(56-15(4)64)33(73)42(21(10-62)90-49)92-54-46(37(77)29(69)18(7-59)88-54)96-51-39(79)35(75)27(67)13(2)84-51/h12-13,17-54,58-62,66-81H,6-11H2,1-5H3,(H,55,63)(H,56,64)(H,57,65)/t12-,13-,17+,18+,19+,20+,21+,22+,23+,24+,25+,26+,27+,28-,29-,30-,31-,32+,33+,34+,35+,36-,37-,38-,39-,40+,41+,42+,43+,44-,45+,46+,47?,48+,49-,50-,51-,52-,53-,54-/m0/s1. The zero-order chi connectivity index (χ0) is 70.8. The van der Waals surface area contributed by atoms with Crippen molar-refractivity contribution in [2.75, 3.05) is 39.6 Å². The van der Waals surface area contributed by atoms with E-state index in [9.17, 15) is 122 Å². The van der Waals surface area contributed by atoms with E-state index in [0.717, 1.165) is 20.8 Å². The maximum absolute atomic E-state index is 12.8. The number of aliphatic hydroxyl groups is 21. The van der Waals surface area contributed by atoms with Crippen LogP contribution in [0, 0.1) is 0 Å². The minimum absolute atomic E-state index is 0.843. The highest BCUT2D eigenvalue weighted by Gasteiger charge is 2.60. The summed E-state index contributed by atoms with van der Waals surface area (Å²) in [6, 6.07) is -5.40. The Kier molecular flexibility index (Phi) is 27.7. The molecule has 8 rings (SSSR count). The molecular weight excluding hydrogens is 1310 g/mol. The number of aliphatic hydroxyl groups excluding tert-OH is 21. The summed E-state index contributed by atoms with van der Waals surface area (Å²) in [7, 11) is 0. The first-order valence-electron chi connectivity index (χ1n) is 30.8. The van der Waals surface area contributed by atoms with Gasteiger partial charge in [-0.3, -0.25) is 14.4 Å². The van der Waals surface area contributed by atoms with Crippen molar-refractivity contribution in [2.45, 2.75) is 280 Å². The molecule has 42 heteroatoms. The van der Waals surface area contributed by atoms with Crippen molar-refractivity contribution in [3.63, 3.8) is 0 Å². The number of hydrogen-bond donors (Lipinski definition) is 24. The second-order valence-corrected chi connectivity index (χ2v) is 24.6. The Bertz CT molecular complexity index is 2480. The van der Waals surface area contributed by atoms with Crippen LogP contribution in [0.2, 0.25) is 0 Å². The summed E-state index contributed by atoms with van der Waals surface area (Å²) in [6.07, 6.45) is -70.0.